The number of aryl methyl sites for hydroxylation is 1. The second-order valence-electron chi connectivity index (χ2n) is 3.66. The zero-order valence-electron chi connectivity index (χ0n) is 9.93. The van der Waals surface area contributed by atoms with E-state index in [1.165, 1.54) is 7.11 Å². The van der Waals surface area contributed by atoms with E-state index in [4.69, 9.17) is 0 Å². The summed E-state index contributed by atoms with van der Waals surface area (Å²) in [5.74, 6) is 0.714. The first-order valence-electron chi connectivity index (χ1n) is 5.29. The van der Waals surface area contributed by atoms with E-state index >= 15 is 0 Å². The first-order chi connectivity index (χ1) is 7.65. The van der Waals surface area contributed by atoms with Crippen LogP contribution in [-0.2, 0) is 16.6 Å². The number of aromatic nitrogens is 3. The summed E-state index contributed by atoms with van der Waals surface area (Å²) >= 11 is 0. The predicted octanol–water partition coefficient (Wildman–Crippen LogP) is 0.419. The molecule has 6 heteroatoms. The third-order valence-corrected chi connectivity index (χ3v) is 2.37. The van der Waals surface area contributed by atoms with Crippen LogP contribution in [0.1, 0.15) is 31.6 Å². The van der Waals surface area contributed by atoms with Gasteiger partial charge in [0.25, 0.3) is 0 Å². The number of hydrogen-bond acceptors (Lipinski definition) is 5. The highest BCUT2D eigenvalue weighted by molar-refractivity contribution is 5.69. The number of esters is 1. The number of hydrogen-bond donors (Lipinski definition) is 1. The summed E-state index contributed by atoms with van der Waals surface area (Å²) in [5, 5.41) is 11.1. The minimum Gasteiger partial charge on any atom is -0.469 e. The fourth-order valence-electron chi connectivity index (χ4n) is 1.43. The fraction of sp³-hybridized carbons (Fsp3) is 0.700. The van der Waals surface area contributed by atoms with Gasteiger partial charge >= 0.3 is 5.97 Å². The summed E-state index contributed by atoms with van der Waals surface area (Å²) in [6.07, 6.45) is 2.87. The van der Waals surface area contributed by atoms with Crippen molar-refractivity contribution in [3.8, 4) is 0 Å². The molecule has 1 heterocycles. The van der Waals surface area contributed by atoms with E-state index in [2.05, 4.69) is 20.3 Å². The molecule has 6 nitrogen and oxygen atoms in total. The summed E-state index contributed by atoms with van der Waals surface area (Å²) in [4.78, 5) is 10.9. The number of ether oxygens (including phenoxy) is 1. The molecule has 0 aliphatic rings. The Bertz CT molecular complexity index is 337. The van der Waals surface area contributed by atoms with E-state index in [0.717, 1.165) is 18.8 Å². The quantitative estimate of drug-likeness (QED) is 0.562. The minimum absolute atomic E-state index is 0.130. The number of rotatable bonds is 6. The Balaban J connectivity index is 2.23. The summed E-state index contributed by atoms with van der Waals surface area (Å²) in [6.45, 7) is 2.77. The summed E-state index contributed by atoms with van der Waals surface area (Å²) in [7, 11) is 3.31. The van der Waals surface area contributed by atoms with Crippen LogP contribution in [0.15, 0.2) is 6.33 Å². The maximum Gasteiger partial charge on any atom is 0.305 e. The molecule has 0 fully saturated rings. The van der Waals surface area contributed by atoms with Crippen LogP contribution in [0.5, 0.6) is 0 Å². The maximum absolute atomic E-state index is 10.9. The van der Waals surface area contributed by atoms with Crippen molar-refractivity contribution in [2.24, 2.45) is 7.05 Å². The van der Waals surface area contributed by atoms with Gasteiger partial charge in [-0.2, -0.15) is 0 Å². The first-order valence-corrected chi connectivity index (χ1v) is 5.29. The zero-order chi connectivity index (χ0) is 12.0. The number of carbonyl (C=O) groups is 1. The molecule has 16 heavy (non-hydrogen) atoms. The smallest absolute Gasteiger partial charge is 0.305 e. The molecule has 0 aliphatic carbocycles. The van der Waals surface area contributed by atoms with Crippen molar-refractivity contribution in [2.75, 3.05) is 13.7 Å². The Labute approximate surface area is 95.0 Å². The van der Waals surface area contributed by atoms with Crippen molar-refractivity contribution < 1.29 is 9.53 Å². The highest BCUT2D eigenvalue weighted by Gasteiger charge is 2.10. The van der Waals surface area contributed by atoms with Crippen molar-refractivity contribution >= 4 is 5.97 Å². The van der Waals surface area contributed by atoms with Gasteiger partial charge in [0, 0.05) is 13.5 Å². The Morgan fingerprint density at radius 1 is 1.69 bits per heavy atom. The SMILES string of the molecule is COC(=O)CCCNC(C)c1nncn1C. The van der Waals surface area contributed by atoms with Gasteiger partial charge in [0.2, 0.25) is 0 Å². The largest absolute Gasteiger partial charge is 0.469 e. The van der Waals surface area contributed by atoms with Gasteiger partial charge in [0.15, 0.2) is 0 Å². The molecule has 1 N–H and O–H groups in total. The molecule has 1 unspecified atom stereocenters. The van der Waals surface area contributed by atoms with E-state index in [0.29, 0.717) is 6.42 Å². The number of methoxy groups -OCH3 is 1. The molecule has 0 aliphatic heterocycles. The van der Waals surface area contributed by atoms with Crippen LogP contribution in [-0.4, -0.2) is 34.4 Å². The molecule has 0 saturated carbocycles. The molecule has 0 aromatic carbocycles. The van der Waals surface area contributed by atoms with Gasteiger partial charge in [-0.15, -0.1) is 10.2 Å². The second kappa shape index (κ2) is 6.22. The Morgan fingerprint density at radius 3 is 3.00 bits per heavy atom. The molecule has 1 aromatic rings. The molecule has 1 atom stereocenters. The van der Waals surface area contributed by atoms with Crippen LogP contribution in [0.3, 0.4) is 0 Å². The third-order valence-electron chi connectivity index (χ3n) is 2.37. The lowest BCUT2D eigenvalue weighted by Crippen LogP contribution is -2.23. The topological polar surface area (TPSA) is 69.0 Å². The van der Waals surface area contributed by atoms with Crippen LogP contribution in [0.25, 0.3) is 0 Å². The average Bonchev–Trinajstić information content (AvgIpc) is 2.70. The van der Waals surface area contributed by atoms with Crippen LogP contribution in [0.4, 0.5) is 0 Å². The summed E-state index contributed by atoms with van der Waals surface area (Å²) in [6, 6.07) is 0.130. The molecule has 90 valence electrons. The molecule has 1 rings (SSSR count). The van der Waals surface area contributed by atoms with Crippen molar-refractivity contribution in [3.05, 3.63) is 12.2 Å². The molecule has 0 spiro atoms. The van der Waals surface area contributed by atoms with Crippen LogP contribution in [0.2, 0.25) is 0 Å². The highest BCUT2D eigenvalue weighted by atomic mass is 16.5. The molecule has 0 radical (unpaired) electrons. The molecule has 0 bridgehead atoms. The normalized spacial score (nSPS) is 12.4. The first kappa shape index (κ1) is 12.6. The van der Waals surface area contributed by atoms with Gasteiger partial charge < -0.3 is 14.6 Å². The Kier molecular flexibility index (Phi) is 4.91. The Morgan fingerprint density at radius 2 is 2.44 bits per heavy atom. The third kappa shape index (κ3) is 3.62. The van der Waals surface area contributed by atoms with Crippen molar-refractivity contribution in [1.29, 1.82) is 0 Å². The second-order valence-corrected chi connectivity index (χ2v) is 3.66. The summed E-state index contributed by atoms with van der Waals surface area (Å²) < 4.78 is 6.43. The highest BCUT2D eigenvalue weighted by Crippen LogP contribution is 2.06. The zero-order valence-corrected chi connectivity index (χ0v) is 9.93. The van der Waals surface area contributed by atoms with Gasteiger partial charge in [-0.1, -0.05) is 0 Å². The van der Waals surface area contributed by atoms with E-state index in [1.54, 1.807) is 6.33 Å². The molecular formula is C10H18N4O2. The van der Waals surface area contributed by atoms with Crippen LogP contribution < -0.4 is 5.32 Å². The van der Waals surface area contributed by atoms with E-state index < -0.39 is 0 Å². The monoisotopic (exact) mass is 226 g/mol. The number of nitrogens with zero attached hydrogens (tertiary/aromatic N) is 3. The van der Waals surface area contributed by atoms with Crippen LogP contribution >= 0.6 is 0 Å². The lowest BCUT2D eigenvalue weighted by molar-refractivity contribution is -0.140. The lowest BCUT2D eigenvalue weighted by atomic mass is 10.2. The molecule has 0 saturated heterocycles. The molecular weight excluding hydrogens is 208 g/mol. The maximum atomic E-state index is 10.9. The minimum atomic E-state index is -0.173. The molecule has 1 aromatic heterocycles. The van der Waals surface area contributed by atoms with Crippen molar-refractivity contribution in [3.63, 3.8) is 0 Å². The predicted molar refractivity (Wildman–Crippen MR) is 58.7 cm³/mol. The lowest BCUT2D eigenvalue weighted by Gasteiger charge is -2.12. The van der Waals surface area contributed by atoms with E-state index in [9.17, 15) is 4.79 Å². The average molecular weight is 226 g/mol. The summed E-state index contributed by atoms with van der Waals surface area (Å²) in [5.41, 5.74) is 0. The standard InChI is InChI=1S/C10H18N4O2/c1-8(10-13-12-7-14(10)2)11-6-4-5-9(15)16-3/h7-8,11H,4-6H2,1-3H3. The molecule has 0 amide bonds. The van der Waals surface area contributed by atoms with Crippen molar-refractivity contribution in [2.45, 2.75) is 25.8 Å². The van der Waals surface area contributed by atoms with E-state index in [1.807, 2.05) is 18.5 Å². The fourth-order valence-corrected chi connectivity index (χ4v) is 1.43. The van der Waals surface area contributed by atoms with Gasteiger partial charge in [-0.05, 0) is 19.9 Å². The van der Waals surface area contributed by atoms with Gasteiger partial charge in [0.05, 0.1) is 13.2 Å². The van der Waals surface area contributed by atoms with Crippen LogP contribution in [0, 0.1) is 0 Å². The number of carbonyl (C=O) groups excluding carboxylic acids is 1. The van der Waals surface area contributed by atoms with Gasteiger partial charge in [-0.3, -0.25) is 4.79 Å². The van der Waals surface area contributed by atoms with Gasteiger partial charge in [0.1, 0.15) is 12.2 Å². The Hall–Kier alpha value is -1.43. The van der Waals surface area contributed by atoms with Crippen molar-refractivity contribution in [1.82, 2.24) is 20.1 Å². The number of nitrogens with one attached hydrogen (secondary N) is 1. The van der Waals surface area contributed by atoms with E-state index in [-0.39, 0.29) is 12.0 Å². The van der Waals surface area contributed by atoms with Gasteiger partial charge in [-0.25, -0.2) is 0 Å².